The molecule has 1 fully saturated rings. The lowest BCUT2D eigenvalue weighted by Crippen LogP contribution is -2.36. The van der Waals surface area contributed by atoms with E-state index < -0.39 is 0 Å². The lowest BCUT2D eigenvalue weighted by Gasteiger charge is -2.11. The molecule has 17 heavy (non-hydrogen) atoms. The molecule has 90 valence electrons. The summed E-state index contributed by atoms with van der Waals surface area (Å²) in [4.78, 5) is 12.0. The number of rotatable bonds is 2. The maximum absolute atomic E-state index is 12.0. The fraction of sp³-hybridized carbons (Fsp3) is 0.462. The zero-order valence-electron chi connectivity index (χ0n) is 9.66. The van der Waals surface area contributed by atoms with E-state index >= 15 is 0 Å². The van der Waals surface area contributed by atoms with Crippen LogP contribution >= 0.6 is 0 Å². The van der Waals surface area contributed by atoms with Gasteiger partial charge in [-0.1, -0.05) is 6.07 Å². The van der Waals surface area contributed by atoms with E-state index in [4.69, 9.17) is 4.74 Å². The molecule has 1 atom stereocenters. The number of nitrogens with one attached hydrogen (secondary N) is 2. The van der Waals surface area contributed by atoms with E-state index in [2.05, 4.69) is 10.6 Å². The van der Waals surface area contributed by atoms with E-state index in [9.17, 15) is 4.79 Å². The van der Waals surface area contributed by atoms with Gasteiger partial charge in [-0.2, -0.15) is 0 Å². The van der Waals surface area contributed by atoms with Gasteiger partial charge in [-0.15, -0.1) is 0 Å². The largest absolute Gasteiger partial charge is 0.372 e. The first-order chi connectivity index (χ1) is 8.33. The second-order valence-corrected chi connectivity index (χ2v) is 4.64. The number of carbonyl (C=O) groups is 1. The van der Waals surface area contributed by atoms with Crippen molar-refractivity contribution in [3.8, 4) is 0 Å². The smallest absolute Gasteiger partial charge is 0.251 e. The molecule has 1 saturated heterocycles. The molecular weight excluding hydrogens is 216 g/mol. The van der Waals surface area contributed by atoms with Crippen LogP contribution in [0.3, 0.4) is 0 Å². The van der Waals surface area contributed by atoms with Crippen molar-refractivity contribution >= 4 is 5.91 Å². The van der Waals surface area contributed by atoms with E-state index in [1.54, 1.807) is 0 Å². The molecule has 2 heterocycles. The fourth-order valence-electron chi connectivity index (χ4n) is 2.36. The van der Waals surface area contributed by atoms with Crippen molar-refractivity contribution in [1.29, 1.82) is 0 Å². The van der Waals surface area contributed by atoms with Crippen molar-refractivity contribution < 1.29 is 9.53 Å². The van der Waals surface area contributed by atoms with Crippen LogP contribution in [0, 0.1) is 0 Å². The highest BCUT2D eigenvalue weighted by molar-refractivity contribution is 5.94. The van der Waals surface area contributed by atoms with Gasteiger partial charge < -0.3 is 15.4 Å². The number of hydrogen-bond acceptors (Lipinski definition) is 3. The molecule has 0 bridgehead atoms. The first-order valence-corrected chi connectivity index (χ1v) is 6.04. The van der Waals surface area contributed by atoms with Gasteiger partial charge in [0.15, 0.2) is 0 Å². The van der Waals surface area contributed by atoms with Gasteiger partial charge in [-0.25, -0.2) is 0 Å². The monoisotopic (exact) mass is 232 g/mol. The standard InChI is InChI=1S/C13H16N2O2/c16-13(15-12-3-4-14-6-12)9-1-2-10-7-17-8-11(10)5-9/h1-2,5,12,14H,3-4,6-8H2,(H,15,16). The molecule has 4 nitrogen and oxygen atoms in total. The summed E-state index contributed by atoms with van der Waals surface area (Å²) >= 11 is 0. The van der Waals surface area contributed by atoms with E-state index in [1.165, 1.54) is 5.56 Å². The third-order valence-corrected chi connectivity index (χ3v) is 3.38. The molecule has 1 unspecified atom stereocenters. The summed E-state index contributed by atoms with van der Waals surface area (Å²) in [5.74, 6) is 0.0217. The van der Waals surface area contributed by atoms with Crippen molar-refractivity contribution in [2.45, 2.75) is 25.7 Å². The highest BCUT2D eigenvalue weighted by atomic mass is 16.5. The van der Waals surface area contributed by atoms with Crippen LogP contribution in [0.5, 0.6) is 0 Å². The molecule has 1 amide bonds. The van der Waals surface area contributed by atoms with Gasteiger partial charge in [0.05, 0.1) is 13.2 Å². The van der Waals surface area contributed by atoms with Gasteiger partial charge in [-0.05, 0) is 36.2 Å². The van der Waals surface area contributed by atoms with Crippen LogP contribution in [0.2, 0.25) is 0 Å². The molecule has 3 rings (SSSR count). The Balaban J connectivity index is 1.72. The zero-order chi connectivity index (χ0) is 11.7. The van der Waals surface area contributed by atoms with Gasteiger partial charge in [0.2, 0.25) is 0 Å². The van der Waals surface area contributed by atoms with E-state index in [0.29, 0.717) is 13.2 Å². The Hall–Kier alpha value is -1.39. The van der Waals surface area contributed by atoms with Crippen LogP contribution in [-0.4, -0.2) is 25.0 Å². The fourth-order valence-corrected chi connectivity index (χ4v) is 2.36. The summed E-state index contributed by atoms with van der Waals surface area (Å²) in [5.41, 5.74) is 3.08. The molecule has 0 spiro atoms. The number of ether oxygens (including phenoxy) is 1. The third kappa shape index (κ3) is 2.18. The summed E-state index contributed by atoms with van der Waals surface area (Å²) in [7, 11) is 0. The topological polar surface area (TPSA) is 50.4 Å². The molecule has 2 aliphatic rings. The van der Waals surface area contributed by atoms with Crippen molar-refractivity contribution in [2.75, 3.05) is 13.1 Å². The van der Waals surface area contributed by atoms with Gasteiger partial charge >= 0.3 is 0 Å². The number of fused-ring (bicyclic) bond motifs is 1. The molecule has 0 radical (unpaired) electrons. The molecule has 2 aliphatic heterocycles. The molecule has 0 saturated carbocycles. The maximum Gasteiger partial charge on any atom is 0.251 e. The van der Waals surface area contributed by atoms with Gasteiger partial charge in [0.1, 0.15) is 0 Å². The Morgan fingerprint density at radius 1 is 1.35 bits per heavy atom. The Morgan fingerprint density at radius 2 is 2.24 bits per heavy atom. The van der Waals surface area contributed by atoms with Crippen LogP contribution in [-0.2, 0) is 18.0 Å². The number of hydrogen-bond donors (Lipinski definition) is 2. The summed E-state index contributed by atoms with van der Waals surface area (Å²) in [6.07, 6.45) is 1.01. The molecule has 0 aromatic heterocycles. The van der Waals surface area contributed by atoms with Crippen molar-refractivity contribution in [1.82, 2.24) is 10.6 Å². The minimum Gasteiger partial charge on any atom is -0.372 e. The lowest BCUT2D eigenvalue weighted by molar-refractivity contribution is 0.0940. The highest BCUT2D eigenvalue weighted by Crippen LogP contribution is 2.20. The highest BCUT2D eigenvalue weighted by Gasteiger charge is 2.19. The normalized spacial score (nSPS) is 22.5. The summed E-state index contributed by atoms with van der Waals surface area (Å²) in [6, 6.07) is 6.09. The lowest BCUT2D eigenvalue weighted by atomic mass is 10.1. The average molecular weight is 232 g/mol. The quantitative estimate of drug-likeness (QED) is 0.793. The maximum atomic E-state index is 12.0. The zero-order valence-corrected chi connectivity index (χ0v) is 9.66. The number of benzene rings is 1. The minimum atomic E-state index is 0.0217. The first kappa shape index (κ1) is 10.7. The molecule has 0 aliphatic carbocycles. The number of amides is 1. The first-order valence-electron chi connectivity index (χ1n) is 6.04. The van der Waals surface area contributed by atoms with Crippen molar-refractivity contribution in [2.24, 2.45) is 0 Å². The summed E-state index contributed by atoms with van der Waals surface area (Å²) in [6.45, 7) is 3.16. The molecule has 1 aromatic rings. The molecular formula is C13H16N2O2. The average Bonchev–Trinajstić information content (AvgIpc) is 2.97. The Kier molecular flexibility index (Phi) is 2.82. The molecule has 2 N–H and O–H groups in total. The van der Waals surface area contributed by atoms with Crippen LogP contribution in [0.25, 0.3) is 0 Å². The predicted octanol–water partition coefficient (Wildman–Crippen LogP) is 0.808. The van der Waals surface area contributed by atoms with E-state index in [1.807, 2.05) is 18.2 Å². The predicted molar refractivity (Wildman–Crippen MR) is 63.7 cm³/mol. The molecule has 1 aromatic carbocycles. The summed E-state index contributed by atoms with van der Waals surface area (Å²) in [5, 5.41) is 6.28. The second-order valence-electron chi connectivity index (χ2n) is 4.64. The van der Waals surface area contributed by atoms with Gasteiger partial charge in [0, 0.05) is 18.2 Å². The summed E-state index contributed by atoms with van der Waals surface area (Å²) < 4.78 is 5.34. The second kappa shape index (κ2) is 4.47. The van der Waals surface area contributed by atoms with Gasteiger partial charge in [-0.3, -0.25) is 4.79 Å². The number of carbonyl (C=O) groups excluding carboxylic acids is 1. The van der Waals surface area contributed by atoms with Crippen molar-refractivity contribution in [3.63, 3.8) is 0 Å². The Bertz CT molecular complexity index is 439. The van der Waals surface area contributed by atoms with E-state index in [0.717, 1.165) is 30.6 Å². The van der Waals surface area contributed by atoms with Crippen LogP contribution < -0.4 is 10.6 Å². The minimum absolute atomic E-state index is 0.0217. The van der Waals surface area contributed by atoms with Crippen LogP contribution in [0.4, 0.5) is 0 Å². The van der Waals surface area contributed by atoms with Crippen LogP contribution in [0.1, 0.15) is 27.9 Å². The Morgan fingerprint density at radius 3 is 3.06 bits per heavy atom. The van der Waals surface area contributed by atoms with Crippen molar-refractivity contribution in [3.05, 3.63) is 34.9 Å². The van der Waals surface area contributed by atoms with E-state index in [-0.39, 0.29) is 11.9 Å². The van der Waals surface area contributed by atoms with Gasteiger partial charge in [0.25, 0.3) is 5.91 Å². The Labute approximate surface area is 100 Å². The third-order valence-electron chi connectivity index (χ3n) is 3.38. The SMILES string of the molecule is O=C(NC1CCNC1)c1ccc2c(c1)COC2. The molecule has 4 heteroatoms. The van der Waals surface area contributed by atoms with Crippen LogP contribution in [0.15, 0.2) is 18.2 Å².